The van der Waals surface area contributed by atoms with E-state index in [0.29, 0.717) is 18.9 Å². The molecule has 0 unspecified atom stereocenters. The average Bonchev–Trinajstić information content (AvgIpc) is 2.72. The predicted molar refractivity (Wildman–Crippen MR) is 115 cm³/mol. The molecule has 0 saturated carbocycles. The number of methoxy groups -OCH3 is 1. The maximum atomic E-state index is 12.5. The second-order valence-electron chi connectivity index (χ2n) is 8.11. The lowest BCUT2D eigenvalue weighted by Gasteiger charge is -2.39. The van der Waals surface area contributed by atoms with Crippen molar-refractivity contribution in [3.63, 3.8) is 0 Å². The summed E-state index contributed by atoms with van der Waals surface area (Å²) in [6.45, 7) is 6.38. The number of carbonyl (C=O) groups is 1. The minimum atomic E-state index is -0.111. The van der Waals surface area contributed by atoms with Crippen molar-refractivity contribution in [3.8, 4) is 5.75 Å². The summed E-state index contributed by atoms with van der Waals surface area (Å²) in [5, 5.41) is 6.62. The lowest BCUT2D eigenvalue weighted by molar-refractivity contribution is -0.122. The van der Waals surface area contributed by atoms with E-state index in [-0.39, 0.29) is 23.7 Å². The third-order valence-electron chi connectivity index (χ3n) is 6.24. The fourth-order valence-electron chi connectivity index (χ4n) is 4.40. The molecule has 158 valence electrons. The minimum Gasteiger partial charge on any atom is -0.496 e. The molecule has 0 aliphatic carbocycles. The van der Waals surface area contributed by atoms with Gasteiger partial charge in [0.2, 0.25) is 5.91 Å². The van der Waals surface area contributed by atoms with Crippen LogP contribution in [0.1, 0.15) is 49.7 Å². The third-order valence-corrected chi connectivity index (χ3v) is 6.24. The summed E-state index contributed by atoms with van der Waals surface area (Å²) in [4.78, 5) is 12.5. The highest BCUT2D eigenvalue weighted by atomic mass is 35.5. The lowest BCUT2D eigenvalue weighted by atomic mass is 9.73. The molecule has 2 saturated heterocycles. The molecular weight excluding hydrogens is 376 g/mol. The van der Waals surface area contributed by atoms with Crippen LogP contribution in [0.15, 0.2) is 18.2 Å². The van der Waals surface area contributed by atoms with Crippen LogP contribution in [0, 0.1) is 12.8 Å². The Balaban J connectivity index is 0.00000280. The molecule has 3 rings (SSSR count). The number of ether oxygens (including phenoxy) is 2. The summed E-state index contributed by atoms with van der Waals surface area (Å²) in [5.74, 6) is 1.77. The topological polar surface area (TPSA) is 59.6 Å². The molecule has 28 heavy (non-hydrogen) atoms. The zero-order valence-electron chi connectivity index (χ0n) is 17.2. The van der Waals surface area contributed by atoms with Gasteiger partial charge in [-0.2, -0.15) is 0 Å². The Morgan fingerprint density at radius 2 is 2.00 bits per heavy atom. The van der Waals surface area contributed by atoms with Crippen molar-refractivity contribution < 1.29 is 14.3 Å². The predicted octanol–water partition coefficient (Wildman–Crippen LogP) is 3.37. The van der Waals surface area contributed by atoms with Crippen LogP contribution in [0.3, 0.4) is 0 Å². The van der Waals surface area contributed by atoms with Crippen LogP contribution in [0.25, 0.3) is 0 Å². The summed E-state index contributed by atoms with van der Waals surface area (Å²) >= 11 is 0. The SMILES string of the molecule is COc1ccc(C)cc1C1(CNC(=O)CCC2CCNCC2)CCOCC1.Cl. The molecule has 0 radical (unpaired) electrons. The molecule has 0 aromatic heterocycles. The number of amides is 1. The van der Waals surface area contributed by atoms with Crippen molar-refractivity contribution in [2.45, 2.75) is 50.9 Å². The number of hydrogen-bond acceptors (Lipinski definition) is 4. The maximum absolute atomic E-state index is 12.5. The number of piperidine rings is 1. The van der Waals surface area contributed by atoms with Crippen molar-refractivity contribution in [1.29, 1.82) is 0 Å². The highest BCUT2D eigenvalue weighted by molar-refractivity contribution is 5.85. The Kier molecular flexibility index (Phi) is 9.06. The smallest absolute Gasteiger partial charge is 0.220 e. The fourth-order valence-corrected chi connectivity index (χ4v) is 4.40. The molecule has 0 spiro atoms. The monoisotopic (exact) mass is 410 g/mol. The van der Waals surface area contributed by atoms with Crippen molar-refractivity contribution in [2.24, 2.45) is 5.92 Å². The van der Waals surface area contributed by atoms with Crippen molar-refractivity contribution in [3.05, 3.63) is 29.3 Å². The van der Waals surface area contributed by atoms with Gasteiger partial charge < -0.3 is 20.1 Å². The van der Waals surface area contributed by atoms with E-state index in [1.807, 2.05) is 6.07 Å². The second kappa shape index (κ2) is 11.0. The first kappa shape index (κ1) is 23.0. The summed E-state index contributed by atoms with van der Waals surface area (Å²) in [7, 11) is 1.72. The molecule has 0 bridgehead atoms. The number of halogens is 1. The van der Waals surface area contributed by atoms with Gasteiger partial charge in [-0.15, -0.1) is 12.4 Å². The first-order valence-corrected chi connectivity index (χ1v) is 10.3. The van der Waals surface area contributed by atoms with Crippen LogP contribution in [0.5, 0.6) is 5.75 Å². The maximum Gasteiger partial charge on any atom is 0.220 e. The van der Waals surface area contributed by atoms with E-state index < -0.39 is 0 Å². The van der Waals surface area contributed by atoms with Gasteiger partial charge in [-0.05, 0) is 64.1 Å². The molecule has 1 aromatic rings. The van der Waals surface area contributed by atoms with E-state index in [9.17, 15) is 4.79 Å². The van der Waals surface area contributed by atoms with E-state index in [4.69, 9.17) is 9.47 Å². The van der Waals surface area contributed by atoms with Gasteiger partial charge in [0.15, 0.2) is 0 Å². The van der Waals surface area contributed by atoms with Gasteiger partial charge in [0.05, 0.1) is 7.11 Å². The van der Waals surface area contributed by atoms with Crippen LogP contribution in [0.2, 0.25) is 0 Å². The largest absolute Gasteiger partial charge is 0.496 e. The fraction of sp³-hybridized carbons (Fsp3) is 0.682. The Morgan fingerprint density at radius 3 is 2.68 bits per heavy atom. The quantitative estimate of drug-likeness (QED) is 0.723. The Hall–Kier alpha value is -1.30. The van der Waals surface area contributed by atoms with Gasteiger partial charge in [-0.1, -0.05) is 17.7 Å². The molecule has 2 N–H and O–H groups in total. The first-order valence-electron chi connectivity index (χ1n) is 10.3. The summed E-state index contributed by atoms with van der Waals surface area (Å²) in [5.41, 5.74) is 2.31. The molecule has 5 nitrogen and oxygen atoms in total. The first-order chi connectivity index (χ1) is 13.1. The number of benzene rings is 1. The second-order valence-corrected chi connectivity index (χ2v) is 8.11. The van der Waals surface area contributed by atoms with Crippen LogP contribution in [-0.4, -0.2) is 45.9 Å². The van der Waals surface area contributed by atoms with E-state index in [2.05, 4.69) is 29.7 Å². The average molecular weight is 411 g/mol. The highest BCUT2D eigenvalue weighted by Gasteiger charge is 2.37. The van der Waals surface area contributed by atoms with Gasteiger partial charge in [0, 0.05) is 37.2 Å². The van der Waals surface area contributed by atoms with Crippen LogP contribution < -0.4 is 15.4 Å². The van der Waals surface area contributed by atoms with Gasteiger partial charge in [-0.3, -0.25) is 4.79 Å². The van der Waals surface area contributed by atoms with Gasteiger partial charge in [0.1, 0.15) is 5.75 Å². The summed E-state index contributed by atoms with van der Waals surface area (Å²) in [6.07, 6.45) is 5.81. The number of nitrogens with one attached hydrogen (secondary N) is 2. The van der Waals surface area contributed by atoms with Crippen molar-refractivity contribution >= 4 is 18.3 Å². The van der Waals surface area contributed by atoms with Crippen LogP contribution in [-0.2, 0) is 14.9 Å². The molecular formula is C22H35ClN2O3. The molecule has 1 aromatic carbocycles. The molecule has 1 amide bonds. The zero-order valence-corrected chi connectivity index (χ0v) is 18.0. The molecule has 2 aliphatic rings. The lowest BCUT2D eigenvalue weighted by Crippen LogP contribution is -2.45. The molecule has 6 heteroatoms. The Bertz CT molecular complexity index is 626. The minimum absolute atomic E-state index is 0. The number of hydrogen-bond donors (Lipinski definition) is 2. The number of carbonyl (C=O) groups excluding carboxylic acids is 1. The van der Waals surface area contributed by atoms with Crippen LogP contribution >= 0.6 is 12.4 Å². The normalized spacial score (nSPS) is 19.5. The van der Waals surface area contributed by atoms with E-state index in [1.54, 1.807) is 7.11 Å². The standard InChI is InChI=1S/C22H34N2O3.ClH/c1-17-3-5-20(26-2)19(15-17)22(9-13-27-14-10-22)16-24-21(25)6-4-18-7-11-23-12-8-18;/h3,5,15,18,23H,4,6-14,16H2,1-2H3,(H,24,25);1H. The van der Waals surface area contributed by atoms with Crippen molar-refractivity contribution in [2.75, 3.05) is 40.0 Å². The number of rotatable bonds is 7. The number of aryl methyl sites for hydroxylation is 1. The van der Waals surface area contributed by atoms with Gasteiger partial charge in [0.25, 0.3) is 0 Å². The molecule has 2 fully saturated rings. The van der Waals surface area contributed by atoms with Crippen molar-refractivity contribution in [1.82, 2.24) is 10.6 Å². The zero-order chi connectivity index (χ0) is 19.1. The third kappa shape index (κ3) is 5.85. The van der Waals surface area contributed by atoms with E-state index >= 15 is 0 Å². The molecule has 0 atom stereocenters. The van der Waals surface area contributed by atoms with E-state index in [1.165, 1.54) is 24.0 Å². The summed E-state index contributed by atoms with van der Waals surface area (Å²) in [6, 6.07) is 6.33. The van der Waals surface area contributed by atoms with Crippen LogP contribution in [0.4, 0.5) is 0 Å². The molecule has 2 heterocycles. The van der Waals surface area contributed by atoms with Gasteiger partial charge >= 0.3 is 0 Å². The van der Waals surface area contributed by atoms with Gasteiger partial charge in [-0.25, -0.2) is 0 Å². The summed E-state index contributed by atoms with van der Waals surface area (Å²) < 4.78 is 11.3. The van der Waals surface area contributed by atoms with E-state index in [0.717, 1.165) is 51.3 Å². The Labute approximate surface area is 175 Å². The Morgan fingerprint density at radius 1 is 1.29 bits per heavy atom. The molecule has 2 aliphatic heterocycles. The highest BCUT2D eigenvalue weighted by Crippen LogP contribution is 2.40.